The van der Waals surface area contributed by atoms with E-state index in [4.69, 9.17) is 0 Å². The number of benzene rings is 1. The van der Waals surface area contributed by atoms with Crippen molar-refractivity contribution in [3.63, 3.8) is 0 Å². The van der Waals surface area contributed by atoms with Crippen LogP contribution in [0.5, 0.6) is 0 Å². The summed E-state index contributed by atoms with van der Waals surface area (Å²) in [6, 6.07) is 7.39. The smallest absolute Gasteiger partial charge is 0.0651 e. The minimum Gasteiger partial charge on any atom is -0.390 e. The van der Waals surface area contributed by atoms with Crippen LogP contribution in [0.3, 0.4) is 0 Å². The molecule has 0 radical (unpaired) electrons. The Balaban J connectivity index is 1.54. The fraction of sp³-hybridized carbons (Fsp3) is 0.619. The molecule has 0 amide bonds. The summed E-state index contributed by atoms with van der Waals surface area (Å²) in [5.74, 6) is 0.538. The molecule has 3 nitrogen and oxygen atoms in total. The van der Waals surface area contributed by atoms with E-state index >= 15 is 0 Å². The molecule has 1 saturated heterocycles. The predicted octanol–water partition coefficient (Wildman–Crippen LogP) is 4.26. The highest BCUT2D eigenvalue weighted by Gasteiger charge is 2.30. The van der Waals surface area contributed by atoms with Gasteiger partial charge in [-0.2, -0.15) is 0 Å². The molecule has 2 atom stereocenters. The second kappa shape index (κ2) is 6.53. The fourth-order valence-electron chi connectivity index (χ4n) is 4.74. The summed E-state index contributed by atoms with van der Waals surface area (Å²) >= 11 is 0. The molecule has 1 aromatic carbocycles. The third-order valence-electron chi connectivity index (χ3n) is 6.38. The van der Waals surface area contributed by atoms with E-state index < -0.39 is 5.60 Å². The number of rotatable bonds is 5. The van der Waals surface area contributed by atoms with Crippen molar-refractivity contribution in [1.29, 1.82) is 0 Å². The van der Waals surface area contributed by atoms with E-state index in [2.05, 4.69) is 41.6 Å². The molecule has 24 heavy (non-hydrogen) atoms. The zero-order valence-electron chi connectivity index (χ0n) is 14.8. The zero-order chi connectivity index (χ0) is 16.6. The number of nitrogens with one attached hydrogen (secondary N) is 2. The third kappa shape index (κ3) is 3.12. The molecule has 1 saturated carbocycles. The molecule has 130 valence electrons. The number of hydrogen-bond donors (Lipinski definition) is 3. The lowest BCUT2D eigenvalue weighted by atomic mass is 9.90. The van der Waals surface area contributed by atoms with Gasteiger partial charge in [-0.05, 0) is 74.2 Å². The Morgan fingerprint density at radius 3 is 2.83 bits per heavy atom. The monoisotopic (exact) mass is 326 g/mol. The Morgan fingerprint density at radius 1 is 1.25 bits per heavy atom. The van der Waals surface area contributed by atoms with Crippen LogP contribution >= 0.6 is 0 Å². The van der Waals surface area contributed by atoms with Crippen molar-refractivity contribution in [3.8, 4) is 0 Å². The van der Waals surface area contributed by atoms with E-state index in [9.17, 15) is 5.11 Å². The maximum Gasteiger partial charge on any atom is 0.0651 e. The van der Waals surface area contributed by atoms with Gasteiger partial charge in [-0.15, -0.1) is 0 Å². The van der Waals surface area contributed by atoms with Crippen LogP contribution in [0.2, 0.25) is 0 Å². The molecule has 1 aromatic heterocycles. The minimum absolute atomic E-state index is 0.406. The average molecular weight is 326 g/mol. The van der Waals surface area contributed by atoms with Gasteiger partial charge in [0.2, 0.25) is 0 Å². The van der Waals surface area contributed by atoms with Crippen LogP contribution in [0, 0.1) is 0 Å². The molecular weight excluding hydrogens is 296 g/mol. The first kappa shape index (κ1) is 16.2. The van der Waals surface area contributed by atoms with Crippen molar-refractivity contribution >= 4 is 10.9 Å². The number of fused-ring (bicyclic) bond motifs is 1. The van der Waals surface area contributed by atoms with Gasteiger partial charge in [0.25, 0.3) is 0 Å². The molecule has 2 aliphatic rings. The summed E-state index contributed by atoms with van der Waals surface area (Å²) in [6.45, 7) is 3.50. The van der Waals surface area contributed by atoms with Gasteiger partial charge < -0.3 is 15.4 Å². The van der Waals surface area contributed by atoms with Gasteiger partial charge in [0.15, 0.2) is 0 Å². The van der Waals surface area contributed by atoms with Crippen LogP contribution in [0.25, 0.3) is 10.9 Å². The van der Waals surface area contributed by atoms with Gasteiger partial charge in [0.1, 0.15) is 0 Å². The molecule has 1 aliphatic carbocycles. The fourth-order valence-corrected chi connectivity index (χ4v) is 4.74. The van der Waals surface area contributed by atoms with Crippen LogP contribution in [-0.4, -0.2) is 28.3 Å². The van der Waals surface area contributed by atoms with Crippen LogP contribution < -0.4 is 5.32 Å². The largest absolute Gasteiger partial charge is 0.390 e. The highest BCUT2D eigenvalue weighted by Crippen LogP contribution is 2.35. The van der Waals surface area contributed by atoms with Gasteiger partial charge in [0.05, 0.1) is 5.60 Å². The molecule has 4 rings (SSSR count). The number of aliphatic hydroxyl groups is 1. The maximum absolute atomic E-state index is 10.6. The topological polar surface area (TPSA) is 48.0 Å². The quantitative estimate of drug-likeness (QED) is 0.769. The molecule has 2 heterocycles. The minimum atomic E-state index is -0.406. The summed E-state index contributed by atoms with van der Waals surface area (Å²) < 4.78 is 0. The van der Waals surface area contributed by atoms with Crippen molar-refractivity contribution in [2.45, 2.75) is 75.9 Å². The number of H-pyrrole nitrogens is 1. The lowest BCUT2D eigenvalue weighted by molar-refractivity contribution is 0.0391. The number of aromatic nitrogens is 1. The number of aromatic amines is 1. The summed E-state index contributed by atoms with van der Waals surface area (Å²) in [7, 11) is 0. The molecule has 0 bridgehead atoms. The van der Waals surface area contributed by atoms with Crippen LogP contribution in [0.15, 0.2) is 24.4 Å². The normalized spacial score (nSPS) is 24.7. The first-order chi connectivity index (χ1) is 11.6. The Hall–Kier alpha value is -1.32. The zero-order valence-corrected chi connectivity index (χ0v) is 14.8. The summed E-state index contributed by atoms with van der Waals surface area (Å²) in [5, 5.41) is 15.6. The van der Waals surface area contributed by atoms with Crippen molar-refractivity contribution in [2.75, 3.05) is 6.54 Å². The molecule has 2 aromatic rings. The lowest BCUT2D eigenvalue weighted by Gasteiger charge is -2.22. The van der Waals surface area contributed by atoms with Gasteiger partial charge in [-0.1, -0.05) is 25.8 Å². The second-order valence-corrected chi connectivity index (χ2v) is 8.05. The Morgan fingerprint density at radius 2 is 2.08 bits per heavy atom. The SMILES string of the molecule is CC(c1c[nH]c2ccc(CCC3(O)CCCC3)cc12)[C@H]1CCCN1. The molecule has 2 fully saturated rings. The van der Waals surface area contributed by atoms with E-state index in [0.717, 1.165) is 32.2 Å². The highest BCUT2D eigenvalue weighted by atomic mass is 16.3. The van der Waals surface area contributed by atoms with Crippen LogP contribution in [-0.2, 0) is 6.42 Å². The second-order valence-electron chi connectivity index (χ2n) is 8.05. The van der Waals surface area contributed by atoms with E-state index in [1.807, 2.05) is 0 Å². The first-order valence-electron chi connectivity index (χ1n) is 9.70. The Bertz CT molecular complexity index is 693. The van der Waals surface area contributed by atoms with Gasteiger partial charge >= 0.3 is 0 Å². The third-order valence-corrected chi connectivity index (χ3v) is 6.38. The number of hydrogen-bond acceptors (Lipinski definition) is 2. The molecule has 1 unspecified atom stereocenters. The van der Waals surface area contributed by atoms with Gasteiger partial charge in [0, 0.05) is 23.1 Å². The van der Waals surface area contributed by atoms with Gasteiger partial charge in [-0.25, -0.2) is 0 Å². The van der Waals surface area contributed by atoms with E-state index in [1.54, 1.807) is 0 Å². The highest BCUT2D eigenvalue weighted by molar-refractivity contribution is 5.84. The van der Waals surface area contributed by atoms with E-state index in [1.165, 1.54) is 47.7 Å². The van der Waals surface area contributed by atoms with Crippen LogP contribution in [0.4, 0.5) is 0 Å². The molecule has 0 spiro atoms. The molecule has 1 aliphatic heterocycles. The molecular formula is C21H30N2O. The van der Waals surface area contributed by atoms with E-state index in [0.29, 0.717) is 12.0 Å². The molecule has 3 N–H and O–H groups in total. The van der Waals surface area contributed by atoms with Crippen molar-refractivity contribution in [2.24, 2.45) is 0 Å². The number of aryl methyl sites for hydroxylation is 1. The van der Waals surface area contributed by atoms with Crippen molar-refractivity contribution in [3.05, 3.63) is 35.5 Å². The lowest BCUT2D eigenvalue weighted by Crippen LogP contribution is -2.27. The summed E-state index contributed by atoms with van der Waals surface area (Å²) in [4.78, 5) is 3.45. The summed E-state index contributed by atoms with van der Waals surface area (Å²) in [5.41, 5.74) is 3.62. The Kier molecular flexibility index (Phi) is 4.40. The standard InChI is InChI=1S/C21H30N2O/c1-15(19-5-4-12-22-19)18-14-23-20-7-6-16(13-17(18)20)8-11-21(24)9-2-3-10-21/h6-7,13-15,19,22-24H,2-5,8-12H2,1H3/t15?,19-/m1/s1. The predicted molar refractivity (Wildman–Crippen MR) is 99.5 cm³/mol. The first-order valence-corrected chi connectivity index (χ1v) is 9.70. The van der Waals surface area contributed by atoms with Crippen molar-refractivity contribution in [1.82, 2.24) is 10.3 Å². The van der Waals surface area contributed by atoms with E-state index in [-0.39, 0.29) is 0 Å². The summed E-state index contributed by atoms with van der Waals surface area (Å²) in [6.07, 6.45) is 11.0. The van der Waals surface area contributed by atoms with Crippen molar-refractivity contribution < 1.29 is 5.11 Å². The Labute approximate surface area is 144 Å². The molecule has 3 heteroatoms. The van der Waals surface area contributed by atoms with Crippen LogP contribution in [0.1, 0.15) is 68.9 Å². The maximum atomic E-state index is 10.6. The average Bonchev–Trinajstić information content (AvgIpc) is 3.33. The van der Waals surface area contributed by atoms with Gasteiger partial charge in [-0.3, -0.25) is 0 Å².